The Labute approximate surface area is 212 Å². The molecule has 0 radical (unpaired) electrons. The number of piperazine rings is 1. The average Bonchev–Trinajstić information content (AvgIpc) is 2.92. The number of rotatable bonds is 10. The van der Waals surface area contributed by atoms with E-state index in [1.165, 1.54) is 23.5 Å². The largest absolute Gasteiger partial charge is 0.497 e. The van der Waals surface area contributed by atoms with Crippen LogP contribution in [-0.4, -0.2) is 66.8 Å². The third kappa shape index (κ3) is 5.91. The first-order valence-electron chi connectivity index (χ1n) is 11.9. The van der Waals surface area contributed by atoms with Gasteiger partial charge in [-0.2, -0.15) is 0 Å². The van der Waals surface area contributed by atoms with Gasteiger partial charge in [-0.15, -0.1) is 0 Å². The number of hydrogen-bond donors (Lipinski definition) is 0. The van der Waals surface area contributed by atoms with Crippen LogP contribution in [-0.2, 0) is 10.0 Å². The van der Waals surface area contributed by atoms with Crippen molar-refractivity contribution in [2.45, 2.75) is 11.3 Å². The summed E-state index contributed by atoms with van der Waals surface area (Å²) in [5.41, 5.74) is 1.53. The number of benzene rings is 3. The number of methoxy groups -OCH3 is 2. The first-order valence-corrected chi connectivity index (χ1v) is 13.4. The zero-order chi connectivity index (χ0) is 25.5. The molecular weight excluding hydrogens is 481 g/mol. The van der Waals surface area contributed by atoms with E-state index in [9.17, 15) is 12.8 Å². The van der Waals surface area contributed by atoms with Gasteiger partial charge >= 0.3 is 0 Å². The number of anilines is 2. The highest BCUT2D eigenvalue weighted by molar-refractivity contribution is 7.92. The van der Waals surface area contributed by atoms with Crippen LogP contribution in [0.3, 0.4) is 0 Å². The Morgan fingerprint density at radius 1 is 0.861 bits per heavy atom. The Kier molecular flexibility index (Phi) is 8.32. The second kappa shape index (κ2) is 11.6. The molecule has 7 nitrogen and oxygen atoms in total. The van der Waals surface area contributed by atoms with Gasteiger partial charge in [0, 0.05) is 45.0 Å². The highest BCUT2D eigenvalue weighted by Crippen LogP contribution is 2.33. The van der Waals surface area contributed by atoms with Gasteiger partial charge in [0.25, 0.3) is 10.0 Å². The second-order valence-electron chi connectivity index (χ2n) is 8.58. The summed E-state index contributed by atoms with van der Waals surface area (Å²) in [4.78, 5) is 4.77. The van der Waals surface area contributed by atoms with E-state index >= 15 is 0 Å². The molecule has 3 aromatic rings. The number of sulfonamides is 1. The molecule has 1 aliphatic rings. The van der Waals surface area contributed by atoms with Crippen molar-refractivity contribution in [2.24, 2.45) is 0 Å². The summed E-state index contributed by atoms with van der Waals surface area (Å²) in [6.45, 7) is 4.47. The van der Waals surface area contributed by atoms with Crippen molar-refractivity contribution in [2.75, 3.05) is 62.7 Å². The van der Waals surface area contributed by atoms with Crippen molar-refractivity contribution in [1.82, 2.24) is 4.90 Å². The zero-order valence-electron chi connectivity index (χ0n) is 20.6. The molecule has 0 spiro atoms. The minimum Gasteiger partial charge on any atom is -0.497 e. The van der Waals surface area contributed by atoms with Gasteiger partial charge in [0.2, 0.25) is 0 Å². The Hall–Kier alpha value is -3.30. The molecule has 1 heterocycles. The summed E-state index contributed by atoms with van der Waals surface area (Å²) < 4.78 is 52.7. The molecule has 0 aliphatic carbocycles. The highest BCUT2D eigenvalue weighted by atomic mass is 32.2. The fourth-order valence-corrected chi connectivity index (χ4v) is 5.91. The van der Waals surface area contributed by atoms with Gasteiger partial charge in [-0.3, -0.25) is 9.21 Å². The van der Waals surface area contributed by atoms with Gasteiger partial charge in [-0.05, 0) is 67.1 Å². The molecule has 0 atom stereocenters. The lowest BCUT2D eigenvalue weighted by Crippen LogP contribution is -2.47. The van der Waals surface area contributed by atoms with Crippen LogP contribution in [0.1, 0.15) is 6.42 Å². The van der Waals surface area contributed by atoms with Crippen LogP contribution in [0, 0.1) is 5.82 Å². The molecule has 192 valence electrons. The van der Waals surface area contributed by atoms with Crippen molar-refractivity contribution >= 4 is 21.4 Å². The Bertz CT molecular complexity index is 1230. The minimum absolute atomic E-state index is 0.196. The van der Waals surface area contributed by atoms with E-state index in [0.29, 0.717) is 30.2 Å². The number of nitrogens with zero attached hydrogens (tertiary/aromatic N) is 3. The molecule has 1 fully saturated rings. The standard InChI is InChI=1S/C27H32FN3O4S/c1-34-24-12-14-25(15-13-24)36(32,33)31(26-6-3-4-7-27(26)35-2)17-5-16-29-18-20-30(21-19-29)23-10-8-22(28)9-11-23/h3-4,6-15H,5,16-21H2,1-2H3. The SMILES string of the molecule is COc1ccc(S(=O)(=O)N(CCCN2CCN(c3ccc(F)cc3)CC2)c2ccccc2OC)cc1. The third-order valence-electron chi connectivity index (χ3n) is 6.40. The quantitative estimate of drug-likeness (QED) is 0.404. The molecule has 9 heteroatoms. The topological polar surface area (TPSA) is 62.3 Å². The smallest absolute Gasteiger partial charge is 0.264 e. The Morgan fingerprint density at radius 3 is 2.17 bits per heavy atom. The van der Waals surface area contributed by atoms with E-state index in [2.05, 4.69) is 9.80 Å². The van der Waals surface area contributed by atoms with Crippen LogP contribution in [0.5, 0.6) is 11.5 Å². The van der Waals surface area contributed by atoms with E-state index in [0.717, 1.165) is 38.4 Å². The third-order valence-corrected chi connectivity index (χ3v) is 8.23. The number of hydrogen-bond acceptors (Lipinski definition) is 6. The normalized spacial score (nSPS) is 14.5. The minimum atomic E-state index is -3.82. The van der Waals surface area contributed by atoms with Crippen molar-refractivity contribution in [3.8, 4) is 11.5 Å². The lowest BCUT2D eigenvalue weighted by molar-refractivity contribution is 0.256. The molecule has 0 bridgehead atoms. The molecule has 36 heavy (non-hydrogen) atoms. The van der Waals surface area contributed by atoms with Crippen LogP contribution in [0.25, 0.3) is 0 Å². The summed E-state index contributed by atoms with van der Waals surface area (Å²) >= 11 is 0. The van der Waals surface area contributed by atoms with E-state index in [-0.39, 0.29) is 10.7 Å². The summed E-state index contributed by atoms with van der Waals surface area (Å²) in [6, 6.07) is 20.2. The fourth-order valence-electron chi connectivity index (χ4n) is 4.40. The van der Waals surface area contributed by atoms with Crippen molar-refractivity contribution in [1.29, 1.82) is 0 Å². The van der Waals surface area contributed by atoms with Crippen molar-refractivity contribution < 1.29 is 22.3 Å². The predicted molar refractivity (Wildman–Crippen MR) is 140 cm³/mol. The van der Waals surface area contributed by atoms with E-state index < -0.39 is 10.0 Å². The molecule has 0 aromatic heterocycles. The van der Waals surface area contributed by atoms with E-state index in [1.807, 2.05) is 12.1 Å². The Morgan fingerprint density at radius 2 is 1.53 bits per heavy atom. The number of ether oxygens (including phenoxy) is 2. The monoisotopic (exact) mass is 513 g/mol. The molecule has 0 N–H and O–H groups in total. The first-order chi connectivity index (χ1) is 17.4. The molecular formula is C27H32FN3O4S. The van der Waals surface area contributed by atoms with Crippen molar-refractivity contribution in [3.05, 3.63) is 78.6 Å². The van der Waals surface area contributed by atoms with Gasteiger partial charge in [-0.1, -0.05) is 12.1 Å². The fraction of sp³-hybridized carbons (Fsp3) is 0.333. The van der Waals surface area contributed by atoms with Gasteiger partial charge < -0.3 is 14.4 Å². The molecule has 3 aromatic carbocycles. The average molecular weight is 514 g/mol. The maximum Gasteiger partial charge on any atom is 0.264 e. The maximum atomic E-state index is 13.7. The van der Waals surface area contributed by atoms with Gasteiger partial charge in [0.15, 0.2) is 0 Å². The summed E-state index contributed by atoms with van der Waals surface area (Å²) in [5.74, 6) is 0.863. The summed E-state index contributed by atoms with van der Waals surface area (Å²) in [7, 11) is -0.738. The van der Waals surface area contributed by atoms with Crippen LogP contribution < -0.4 is 18.7 Å². The van der Waals surface area contributed by atoms with Crippen LogP contribution in [0.2, 0.25) is 0 Å². The predicted octanol–water partition coefficient (Wildman–Crippen LogP) is 4.25. The summed E-state index contributed by atoms with van der Waals surface area (Å²) in [6.07, 6.45) is 0.657. The first kappa shape index (κ1) is 25.8. The van der Waals surface area contributed by atoms with Gasteiger partial charge in [0.1, 0.15) is 17.3 Å². The lowest BCUT2D eigenvalue weighted by Gasteiger charge is -2.36. The van der Waals surface area contributed by atoms with Crippen LogP contribution in [0.4, 0.5) is 15.8 Å². The van der Waals surface area contributed by atoms with Crippen LogP contribution in [0.15, 0.2) is 77.7 Å². The zero-order valence-corrected chi connectivity index (χ0v) is 21.5. The van der Waals surface area contributed by atoms with Gasteiger partial charge in [-0.25, -0.2) is 12.8 Å². The maximum absolute atomic E-state index is 13.7. The van der Waals surface area contributed by atoms with E-state index in [1.54, 1.807) is 55.6 Å². The molecule has 4 rings (SSSR count). The molecule has 0 unspecified atom stereocenters. The van der Waals surface area contributed by atoms with Crippen LogP contribution >= 0.6 is 0 Å². The number of para-hydroxylation sites is 2. The molecule has 1 saturated heterocycles. The van der Waals surface area contributed by atoms with Gasteiger partial charge in [0.05, 0.1) is 24.8 Å². The Balaban J connectivity index is 1.44. The number of halogens is 1. The molecule has 1 aliphatic heterocycles. The molecule has 0 saturated carbocycles. The van der Waals surface area contributed by atoms with Crippen molar-refractivity contribution in [3.63, 3.8) is 0 Å². The summed E-state index contributed by atoms with van der Waals surface area (Å²) in [5, 5.41) is 0. The lowest BCUT2D eigenvalue weighted by atomic mass is 10.2. The van der Waals surface area contributed by atoms with E-state index in [4.69, 9.17) is 9.47 Å². The molecule has 0 amide bonds. The second-order valence-corrected chi connectivity index (χ2v) is 10.4. The highest BCUT2D eigenvalue weighted by Gasteiger charge is 2.27.